The van der Waals surface area contributed by atoms with Gasteiger partial charge in [0.05, 0.1) is 29.0 Å². The van der Waals surface area contributed by atoms with Crippen LogP contribution >= 0.6 is 0 Å². The first-order chi connectivity index (χ1) is 20.9. The van der Waals surface area contributed by atoms with Crippen LogP contribution in [0.1, 0.15) is 73.4 Å². The monoisotopic (exact) mass is 585 g/mol. The lowest BCUT2D eigenvalue weighted by atomic mass is 9.85. The van der Waals surface area contributed by atoms with Gasteiger partial charge in [-0.15, -0.1) is 6.42 Å². The van der Waals surface area contributed by atoms with Crippen LogP contribution < -0.4 is 15.0 Å². The molecule has 2 aromatic carbocycles. The lowest BCUT2D eigenvalue weighted by molar-refractivity contribution is 0.106. The Kier molecular flexibility index (Phi) is 6.50. The second kappa shape index (κ2) is 10.3. The van der Waals surface area contributed by atoms with E-state index in [0.29, 0.717) is 73.1 Å². The highest BCUT2D eigenvalue weighted by Crippen LogP contribution is 2.43. The summed E-state index contributed by atoms with van der Waals surface area (Å²) >= 11 is 0. The molecule has 1 aromatic heterocycles. The number of benzene rings is 2. The minimum absolute atomic E-state index is 0.101. The highest BCUT2D eigenvalue weighted by molar-refractivity contribution is 6.00. The average Bonchev–Trinajstić information content (AvgIpc) is 3.65. The molecule has 0 radical (unpaired) electrons. The Labute approximate surface area is 250 Å². The maximum atomic E-state index is 14.8. The standard InChI is InChI=1S/C34H37F2N5O2/c1-2-26-28(36)7-4-20-14-25(42)15-30(31(20)26)40-11-8-27-29(18-40)38-33(39-32(27)21-12-23-5-6-24(13-21)37-23)43-19-34-9-3-10-41(34)17-22(35)16-34/h1,4,7,14-15,21-24,37,42H,3,5-6,8-13,16-19H2/t21?,22-,23-,24+,34+/m1/s1. The van der Waals surface area contributed by atoms with Gasteiger partial charge in [-0.05, 0) is 74.6 Å². The Morgan fingerprint density at radius 1 is 1.16 bits per heavy atom. The SMILES string of the molecule is C#Cc1c(F)ccc2cc(O)cc(N3CCc4c(nc(OC[C@@]56CCCN5C[C@H](F)C6)nc4C4C[C@H]5CC[C@@H](C4)N5)C3)c12. The van der Waals surface area contributed by atoms with Gasteiger partial charge in [0.25, 0.3) is 0 Å². The number of nitrogens with one attached hydrogen (secondary N) is 1. The number of fused-ring (bicyclic) bond motifs is 5. The van der Waals surface area contributed by atoms with Crippen LogP contribution in [0.5, 0.6) is 11.8 Å². The first-order valence-corrected chi connectivity index (χ1v) is 15.7. The normalized spacial score (nSPS) is 29.9. The Morgan fingerprint density at radius 2 is 2.00 bits per heavy atom. The molecule has 5 aliphatic heterocycles. The van der Waals surface area contributed by atoms with Gasteiger partial charge in [0, 0.05) is 54.7 Å². The zero-order valence-corrected chi connectivity index (χ0v) is 24.3. The maximum absolute atomic E-state index is 14.8. The predicted octanol–water partition coefficient (Wildman–Crippen LogP) is 4.97. The highest BCUT2D eigenvalue weighted by Gasteiger charge is 2.49. The molecular weight excluding hydrogens is 548 g/mol. The molecule has 43 heavy (non-hydrogen) atoms. The summed E-state index contributed by atoms with van der Waals surface area (Å²) in [4.78, 5) is 14.4. The quantitative estimate of drug-likeness (QED) is 0.410. The number of halogens is 2. The second-order valence-corrected chi connectivity index (χ2v) is 13.3. The van der Waals surface area contributed by atoms with Gasteiger partial charge in [-0.1, -0.05) is 12.0 Å². The summed E-state index contributed by atoms with van der Waals surface area (Å²) < 4.78 is 35.7. The molecule has 8 rings (SSSR count). The van der Waals surface area contributed by atoms with Gasteiger partial charge in [0.15, 0.2) is 0 Å². The number of anilines is 1. The molecule has 0 saturated carbocycles. The third-order valence-corrected chi connectivity index (χ3v) is 10.7. The van der Waals surface area contributed by atoms with Crippen molar-refractivity contribution >= 4 is 16.5 Å². The van der Waals surface area contributed by atoms with Crippen LogP contribution in [0.4, 0.5) is 14.5 Å². The summed E-state index contributed by atoms with van der Waals surface area (Å²) in [5, 5.41) is 15.7. The van der Waals surface area contributed by atoms with Crippen LogP contribution in [0.3, 0.4) is 0 Å². The number of terminal acetylenes is 1. The van der Waals surface area contributed by atoms with E-state index in [4.69, 9.17) is 21.1 Å². The highest BCUT2D eigenvalue weighted by atomic mass is 19.1. The van der Waals surface area contributed by atoms with E-state index in [1.165, 1.54) is 24.5 Å². The van der Waals surface area contributed by atoms with Crippen LogP contribution in [-0.4, -0.2) is 70.0 Å². The molecule has 2 N–H and O–H groups in total. The number of aromatic hydroxyl groups is 1. The van der Waals surface area contributed by atoms with Gasteiger partial charge in [0.1, 0.15) is 24.3 Å². The van der Waals surface area contributed by atoms with Gasteiger partial charge in [0.2, 0.25) is 0 Å². The fourth-order valence-corrected chi connectivity index (χ4v) is 8.77. The van der Waals surface area contributed by atoms with E-state index < -0.39 is 12.0 Å². The van der Waals surface area contributed by atoms with Crippen LogP contribution in [0.25, 0.3) is 10.8 Å². The third-order valence-electron chi connectivity index (χ3n) is 10.7. The van der Waals surface area contributed by atoms with E-state index in [-0.39, 0.29) is 16.9 Å². The lowest BCUT2D eigenvalue weighted by Gasteiger charge is -2.35. The summed E-state index contributed by atoms with van der Waals surface area (Å²) in [6.45, 7) is 2.89. The fourth-order valence-electron chi connectivity index (χ4n) is 8.77. The van der Waals surface area contributed by atoms with Crippen molar-refractivity contribution in [3.05, 3.63) is 52.6 Å². The van der Waals surface area contributed by atoms with E-state index in [1.54, 1.807) is 18.2 Å². The molecule has 9 heteroatoms. The van der Waals surface area contributed by atoms with Crippen LogP contribution in [0.2, 0.25) is 0 Å². The number of phenolic OH excluding ortho intramolecular Hbond substituents is 1. The molecular formula is C34H37F2N5O2. The molecule has 5 aliphatic rings. The van der Waals surface area contributed by atoms with Crippen LogP contribution in [-0.2, 0) is 13.0 Å². The summed E-state index contributed by atoms with van der Waals surface area (Å²) in [6.07, 6.45) is 12.6. The van der Waals surface area contributed by atoms with Crippen molar-refractivity contribution in [1.82, 2.24) is 20.2 Å². The van der Waals surface area contributed by atoms with Crippen LogP contribution in [0.15, 0.2) is 24.3 Å². The Morgan fingerprint density at radius 3 is 2.81 bits per heavy atom. The van der Waals surface area contributed by atoms with Crippen molar-refractivity contribution in [2.45, 2.75) is 87.6 Å². The zero-order valence-electron chi connectivity index (χ0n) is 24.3. The third kappa shape index (κ3) is 4.61. The number of nitrogens with zero attached hydrogens (tertiary/aromatic N) is 4. The number of rotatable bonds is 5. The van der Waals surface area contributed by atoms with Gasteiger partial charge < -0.3 is 20.1 Å². The molecule has 4 saturated heterocycles. The molecule has 5 atom stereocenters. The number of aromatic nitrogens is 2. The van der Waals surface area contributed by atoms with Crippen LogP contribution in [0, 0.1) is 18.2 Å². The number of alkyl halides is 1. The first-order valence-electron chi connectivity index (χ1n) is 15.7. The fraction of sp³-hybridized carbons (Fsp3) is 0.529. The maximum Gasteiger partial charge on any atom is 0.316 e. The summed E-state index contributed by atoms with van der Waals surface area (Å²) in [6, 6.07) is 7.68. The minimum Gasteiger partial charge on any atom is -0.508 e. The molecule has 1 unspecified atom stereocenters. The van der Waals surface area contributed by atoms with Crippen molar-refractivity contribution in [3.8, 4) is 24.1 Å². The van der Waals surface area contributed by atoms with E-state index >= 15 is 0 Å². The minimum atomic E-state index is -0.822. The molecule has 7 nitrogen and oxygen atoms in total. The molecule has 224 valence electrons. The number of ether oxygens (including phenoxy) is 1. The van der Waals surface area contributed by atoms with Gasteiger partial charge in [-0.3, -0.25) is 4.90 Å². The molecule has 4 fully saturated rings. The first kappa shape index (κ1) is 27.1. The predicted molar refractivity (Wildman–Crippen MR) is 161 cm³/mol. The average molecular weight is 586 g/mol. The van der Waals surface area contributed by atoms with E-state index in [0.717, 1.165) is 50.0 Å². The van der Waals surface area contributed by atoms with Gasteiger partial charge in [-0.25, -0.2) is 8.78 Å². The van der Waals surface area contributed by atoms with Gasteiger partial charge in [-0.2, -0.15) is 9.97 Å². The smallest absolute Gasteiger partial charge is 0.316 e. The molecule has 2 bridgehead atoms. The van der Waals surface area contributed by atoms with Crippen molar-refractivity contribution in [3.63, 3.8) is 0 Å². The van der Waals surface area contributed by atoms with E-state index in [2.05, 4.69) is 21.0 Å². The van der Waals surface area contributed by atoms with Crippen molar-refractivity contribution in [1.29, 1.82) is 0 Å². The Bertz CT molecular complexity index is 1630. The second-order valence-electron chi connectivity index (χ2n) is 13.3. The molecule has 3 aromatic rings. The molecule has 6 heterocycles. The Balaban J connectivity index is 1.17. The summed E-state index contributed by atoms with van der Waals surface area (Å²) in [5.41, 5.74) is 3.75. The van der Waals surface area contributed by atoms with E-state index in [1.807, 2.05) is 0 Å². The molecule has 0 amide bonds. The number of phenols is 1. The zero-order chi connectivity index (χ0) is 29.3. The van der Waals surface area contributed by atoms with Crippen molar-refractivity contribution in [2.75, 3.05) is 31.1 Å². The van der Waals surface area contributed by atoms with Crippen molar-refractivity contribution in [2.24, 2.45) is 0 Å². The molecule has 0 aliphatic carbocycles. The number of hydrogen-bond donors (Lipinski definition) is 2. The number of hydrogen-bond acceptors (Lipinski definition) is 7. The Hall–Kier alpha value is -3.48. The van der Waals surface area contributed by atoms with Crippen molar-refractivity contribution < 1.29 is 18.6 Å². The van der Waals surface area contributed by atoms with Gasteiger partial charge >= 0.3 is 6.01 Å². The topological polar surface area (TPSA) is 73.8 Å². The largest absolute Gasteiger partial charge is 0.508 e. The molecule has 0 spiro atoms. The summed E-state index contributed by atoms with van der Waals surface area (Å²) in [7, 11) is 0. The summed E-state index contributed by atoms with van der Waals surface area (Å²) in [5.74, 6) is 2.50. The lowest BCUT2D eigenvalue weighted by Crippen LogP contribution is -2.43. The van der Waals surface area contributed by atoms with E-state index in [9.17, 15) is 13.9 Å². The number of piperidine rings is 1.